The van der Waals surface area contributed by atoms with Gasteiger partial charge in [0.05, 0.1) is 5.75 Å². The normalized spacial score (nSPS) is 10.7. The van der Waals surface area contributed by atoms with Gasteiger partial charge in [0.2, 0.25) is 5.95 Å². The largest absolute Gasteiger partial charge is 0.481 e. The fourth-order valence-electron chi connectivity index (χ4n) is 1.31. The summed E-state index contributed by atoms with van der Waals surface area (Å²) in [5, 5.41) is 16.7. The van der Waals surface area contributed by atoms with Crippen LogP contribution in [0.25, 0.3) is 0 Å². The zero-order chi connectivity index (χ0) is 13.4. The first-order chi connectivity index (χ1) is 8.65. The number of hydrogen-bond acceptors (Lipinski definition) is 6. The van der Waals surface area contributed by atoms with Crippen molar-refractivity contribution in [3.05, 3.63) is 0 Å². The number of ether oxygens (including phenoxy) is 1. The average molecular weight is 274 g/mol. The van der Waals surface area contributed by atoms with Crippen molar-refractivity contribution in [3.63, 3.8) is 0 Å². The van der Waals surface area contributed by atoms with Crippen molar-refractivity contribution in [2.24, 2.45) is 0 Å². The highest BCUT2D eigenvalue weighted by Crippen LogP contribution is 2.18. The second kappa shape index (κ2) is 7.93. The number of aromatic nitrogens is 3. The SMILES string of the molecule is CCCOCCCn1c(N)nnc1SCC(=O)O. The van der Waals surface area contributed by atoms with Gasteiger partial charge >= 0.3 is 5.97 Å². The smallest absolute Gasteiger partial charge is 0.313 e. The lowest BCUT2D eigenvalue weighted by molar-refractivity contribution is -0.133. The van der Waals surface area contributed by atoms with Gasteiger partial charge < -0.3 is 15.6 Å². The average Bonchev–Trinajstić information content (AvgIpc) is 2.68. The molecule has 102 valence electrons. The predicted molar refractivity (Wildman–Crippen MR) is 68.5 cm³/mol. The number of hydrogen-bond donors (Lipinski definition) is 2. The zero-order valence-corrected chi connectivity index (χ0v) is 11.2. The topological polar surface area (TPSA) is 103 Å². The van der Waals surface area contributed by atoms with Crippen molar-refractivity contribution < 1.29 is 14.6 Å². The van der Waals surface area contributed by atoms with Gasteiger partial charge in [-0.3, -0.25) is 9.36 Å². The van der Waals surface area contributed by atoms with Crippen LogP contribution in [0.15, 0.2) is 5.16 Å². The number of carbonyl (C=O) groups is 1. The molecule has 3 N–H and O–H groups in total. The van der Waals surface area contributed by atoms with Crippen LogP contribution in [0.5, 0.6) is 0 Å². The molecule has 0 radical (unpaired) electrons. The van der Waals surface area contributed by atoms with Crippen molar-refractivity contribution in [2.75, 3.05) is 24.7 Å². The number of carboxylic acid groups (broad SMARTS) is 1. The van der Waals surface area contributed by atoms with Crippen LogP contribution in [0.4, 0.5) is 5.95 Å². The number of aliphatic carboxylic acids is 1. The van der Waals surface area contributed by atoms with E-state index in [1.165, 1.54) is 0 Å². The van der Waals surface area contributed by atoms with Crippen molar-refractivity contribution in [1.29, 1.82) is 0 Å². The number of thioether (sulfide) groups is 1. The van der Waals surface area contributed by atoms with Gasteiger partial charge in [0.15, 0.2) is 5.16 Å². The standard InChI is InChI=1S/C10H18N4O3S/c1-2-5-17-6-3-4-14-9(11)12-13-10(14)18-7-8(15)16/h2-7H2,1H3,(H2,11,12)(H,15,16). The molecule has 1 aromatic heterocycles. The second-order valence-electron chi connectivity index (χ2n) is 3.64. The molecule has 0 fully saturated rings. The minimum atomic E-state index is -0.889. The van der Waals surface area contributed by atoms with Crippen LogP contribution in [0, 0.1) is 0 Å². The summed E-state index contributed by atoms with van der Waals surface area (Å²) < 4.78 is 7.07. The molecule has 0 amide bonds. The Morgan fingerprint density at radius 3 is 2.94 bits per heavy atom. The van der Waals surface area contributed by atoms with Crippen LogP contribution < -0.4 is 5.73 Å². The Morgan fingerprint density at radius 1 is 1.50 bits per heavy atom. The van der Waals surface area contributed by atoms with Crippen molar-refractivity contribution in [1.82, 2.24) is 14.8 Å². The molecular weight excluding hydrogens is 256 g/mol. The molecule has 1 rings (SSSR count). The van der Waals surface area contributed by atoms with Crippen LogP contribution in [-0.2, 0) is 16.1 Å². The minimum absolute atomic E-state index is 0.0511. The summed E-state index contributed by atoms with van der Waals surface area (Å²) >= 11 is 1.11. The maximum Gasteiger partial charge on any atom is 0.313 e. The minimum Gasteiger partial charge on any atom is -0.481 e. The van der Waals surface area contributed by atoms with Gasteiger partial charge in [-0.2, -0.15) is 0 Å². The molecule has 0 atom stereocenters. The molecule has 0 aromatic carbocycles. The van der Waals surface area contributed by atoms with Crippen molar-refractivity contribution in [2.45, 2.75) is 31.5 Å². The van der Waals surface area contributed by atoms with Gasteiger partial charge in [-0.05, 0) is 12.8 Å². The summed E-state index contributed by atoms with van der Waals surface area (Å²) in [4.78, 5) is 10.5. The Balaban J connectivity index is 2.42. The van der Waals surface area contributed by atoms with Crippen LogP contribution in [-0.4, -0.2) is 44.8 Å². The van der Waals surface area contributed by atoms with E-state index in [9.17, 15) is 4.79 Å². The molecule has 1 aromatic rings. The van der Waals surface area contributed by atoms with E-state index < -0.39 is 5.97 Å². The molecule has 0 saturated carbocycles. The highest BCUT2D eigenvalue weighted by Gasteiger charge is 2.11. The number of anilines is 1. The Bertz CT molecular complexity index is 383. The van der Waals surface area contributed by atoms with E-state index >= 15 is 0 Å². The summed E-state index contributed by atoms with van der Waals surface area (Å²) in [7, 11) is 0. The lowest BCUT2D eigenvalue weighted by atomic mass is 10.4. The molecule has 0 unspecified atom stereocenters. The number of nitrogens with two attached hydrogens (primary N) is 1. The third kappa shape index (κ3) is 4.92. The maximum absolute atomic E-state index is 10.5. The van der Waals surface area contributed by atoms with E-state index in [0.717, 1.165) is 31.2 Å². The highest BCUT2D eigenvalue weighted by atomic mass is 32.2. The highest BCUT2D eigenvalue weighted by molar-refractivity contribution is 7.99. The fraction of sp³-hybridized carbons (Fsp3) is 0.700. The summed E-state index contributed by atoms with van der Waals surface area (Å²) in [5.41, 5.74) is 5.68. The molecule has 0 bridgehead atoms. The molecule has 0 saturated heterocycles. The number of nitrogens with zero attached hydrogens (tertiary/aromatic N) is 3. The van der Waals surface area contributed by atoms with Gasteiger partial charge in [-0.1, -0.05) is 18.7 Å². The molecule has 0 spiro atoms. The second-order valence-corrected chi connectivity index (χ2v) is 4.58. The zero-order valence-electron chi connectivity index (χ0n) is 10.3. The third-order valence-corrected chi connectivity index (χ3v) is 3.04. The molecule has 0 aliphatic heterocycles. The van der Waals surface area contributed by atoms with Crippen LogP contribution >= 0.6 is 11.8 Å². The number of nitrogen functional groups attached to an aromatic ring is 1. The van der Waals surface area contributed by atoms with Gasteiger partial charge in [-0.15, -0.1) is 10.2 Å². The molecule has 18 heavy (non-hydrogen) atoms. The van der Waals surface area contributed by atoms with Crippen LogP contribution in [0.3, 0.4) is 0 Å². The first-order valence-corrected chi connectivity index (χ1v) is 6.74. The van der Waals surface area contributed by atoms with Gasteiger partial charge in [0.1, 0.15) is 0 Å². The van der Waals surface area contributed by atoms with Crippen LogP contribution in [0.1, 0.15) is 19.8 Å². The number of rotatable bonds is 9. The van der Waals surface area contributed by atoms with Gasteiger partial charge in [0, 0.05) is 19.8 Å². The fourth-order valence-corrected chi connectivity index (χ4v) is 2.01. The van der Waals surface area contributed by atoms with Gasteiger partial charge in [0.25, 0.3) is 0 Å². The van der Waals surface area contributed by atoms with Gasteiger partial charge in [-0.25, -0.2) is 0 Å². The summed E-state index contributed by atoms with van der Waals surface area (Å²) in [5.74, 6) is -0.637. The maximum atomic E-state index is 10.5. The quantitative estimate of drug-likeness (QED) is 0.508. The Kier molecular flexibility index (Phi) is 6.51. The summed E-state index contributed by atoms with van der Waals surface area (Å²) in [6.07, 6.45) is 1.79. The van der Waals surface area contributed by atoms with E-state index in [1.807, 2.05) is 0 Å². The molecule has 7 nitrogen and oxygen atoms in total. The third-order valence-electron chi connectivity index (χ3n) is 2.09. The van der Waals surface area contributed by atoms with E-state index in [0.29, 0.717) is 24.3 Å². The Labute approximate surface area is 110 Å². The van der Waals surface area contributed by atoms with E-state index in [4.69, 9.17) is 15.6 Å². The van der Waals surface area contributed by atoms with Crippen molar-refractivity contribution >= 4 is 23.7 Å². The molecule has 1 heterocycles. The Morgan fingerprint density at radius 2 is 2.28 bits per heavy atom. The Hall–Kier alpha value is -1.28. The number of carboxylic acids is 1. The molecule has 0 aliphatic rings. The first kappa shape index (κ1) is 14.8. The lowest BCUT2D eigenvalue weighted by Gasteiger charge is -2.07. The summed E-state index contributed by atoms with van der Waals surface area (Å²) in [6.45, 7) is 4.08. The molecule has 8 heteroatoms. The molecule has 0 aliphatic carbocycles. The molecular formula is C10H18N4O3S. The first-order valence-electron chi connectivity index (χ1n) is 5.76. The van der Waals surface area contributed by atoms with Crippen molar-refractivity contribution in [3.8, 4) is 0 Å². The van der Waals surface area contributed by atoms with Crippen LogP contribution in [0.2, 0.25) is 0 Å². The monoisotopic (exact) mass is 274 g/mol. The van der Waals surface area contributed by atoms with E-state index in [-0.39, 0.29) is 5.75 Å². The van der Waals surface area contributed by atoms with E-state index in [1.54, 1.807) is 4.57 Å². The summed E-state index contributed by atoms with van der Waals surface area (Å²) in [6, 6.07) is 0. The van der Waals surface area contributed by atoms with E-state index in [2.05, 4.69) is 17.1 Å². The predicted octanol–water partition coefficient (Wildman–Crippen LogP) is 0.854. The lowest BCUT2D eigenvalue weighted by Crippen LogP contribution is -2.08.